The fraction of sp³-hybridized carbons (Fsp3) is 0.562. The van der Waals surface area contributed by atoms with E-state index in [1.807, 2.05) is 18.2 Å². The second-order valence-electron chi connectivity index (χ2n) is 5.34. The van der Waals surface area contributed by atoms with Crippen LogP contribution in [0.25, 0.3) is 0 Å². The van der Waals surface area contributed by atoms with Gasteiger partial charge in [-0.15, -0.1) is 0 Å². The molecule has 1 aliphatic rings. The van der Waals surface area contributed by atoms with E-state index >= 15 is 0 Å². The first-order chi connectivity index (χ1) is 10.6. The number of rotatable bonds is 4. The summed E-state index contributed by atoms with van der Waals surface area (Å²) in [6, 6.07) is 5.94. The Bertz CT molecular complexity index is 514. The number of nitrogens with zero attached hydrogens (tertiary/aromatic N) is 2. The minimum atomic E-state index is -0.177. The van der Waals surface area contributed by atoms with Crippen molar-refractivity contribution >= 4 is 21.9 Å². The number of piperidine rings is 1. The van der Waals surface area contributed by atoms with Crippen LogP contribution in [0.2, 0.25) is 0 Å². The molecule has 0 bridgehead atoms. The maximum absolute atomic E-state index is 9.64. The molecule has 1 aliphatic heterocycles. The van der Waals surface area contributed by atoms with Crippen LogP contribution in [0, 0.1) is 0 Å². The Labute approximate surface area is 140 Å². The molecule has 2 rings (SSSR count). The van der Waals surface area contributed by atoms with E-state index in [1.165, 1.54) is 0 Å². The van der Waals surface area contributed by atoms with Crippen molar-refractivity contribution in [3.63, 3.8) is 0 Å². The van der Waals surface area contributed by atoms with Crippen LogP contribution in [-0.2, 0) is 6.54 Å². The number of hydrogen-bond acceptors (Lipinski definition) is 3. The van der Waals surface area contributed by atoms with E-state index in [0.29, 0.717) is 6.54 Å². The van der Waals surface area contributed by atoms with Crippen LogP contribution in [-0.4, -0.2) is 48.8 Å². The zero-order valence-corrected chi connectivity index (χ0v) is 14.8. The molecule has 0 radical (unpaired) electrons. The van der Waals surface area contributed by atoms with Gasteiger partial charge in [-0.1, -0.05) is 15.9 Å². The fourth-order valence-corrected chi connectivity index (χ4v) is 2.94. The van der Waals surface area contributed by atoms with Crippen molar-refractivity contribution in [3.05, 3.63) is 28.2 Å². The molecule has 0 saturated carbocycles. The molecular weight excluding hydrogens is 346 g/mol. The second-order valence-corrected chi connectivity index (χ2v) is 6.26. The summed E-state index contributed by atoms with van der Waals surface area (Å²) in [4.78, 5) is 6.94. The molecule has 1 heterocycles. The molecule has 1 aromatic rings. The van der Waals surface area contributed by atoms with Crippen LogP contribution in [0.5, 0.6) is 5.75 Å². The third kappa shape index (κ3) is 4.61. The van der Waals surface area contributed by atoms with Crippen LogP contribution >= 0.6 is 15.9 Å². The van der Waals surface area contributed by atoms with Gasteiger partial charge in [0, 0.05) is 29.7 Å². The van der Waals surface area contributed by atoms with Gasteiger partial charge in [-0.2, -0.15) is 0 Å². The smallest absolute Gasteiger partial charge is 0.194 e. The monoisotopic (exact) mass is 369 g/mol. The lowest BCUT2D eigenvalue weighted by molar-refractivity contribution is 0.108. The molecule has 1 aromatic carbocycles. The number of guanidine groups is 1. The number of benzene rings is 1. The highest BCUT2D eigenvalue weighted by Gasteiger charge is 2.19. The van der Waals surface area contributed by atoms with Gasteiger partial charge in [-0.25, -0.2) is 4.99 Å². The standard InChI is InChI=1S/C16H24BrN3O2/c1-3-18-16(20-8-6-14(21)7-9-20)19-11-12-10-13(17)4-5-15(12)22-2/h4-5,10,14,21H,3,6-9,11H2,1-2H3,(H,18,19). The number of nitrogens with one attached hydrogen (secondary N) is 1. The molecule has 0 aromatic heterocycles. The Hall–Kier alpha value is -1.27. The summed E-state index contributed by atoms with van der Waals surface area (Å²) in [5.41, 5.74) is 1.05. The number of ether oxygens (including phenoxy) is 1. The first-order valence-electron chi connectivity index (χ1n) is 7.67. The molecule has 122 valence electrons. The highest BCUT2D eigenvalue weighted by molar-refractivity contribution is 9.10. The van der Waals surface area contributed by atoms with Crippen molar-refractivity contribution in [2.24, 2.45) is 4.99 Å². The normalized spacial score (nSPS) is 16.7. The third-order valence-electron chi connectivity index (χ3n) is 3.74. The molecule has 2 N–H and O–H groups in total. The Balaban J connectivity index is 2.11. The summed E-state index contributed by atoms with van der Waals surface area (Å²) in [7, 11) is 1.67. The number of methoxy groups -OCH3 is 1. The van der Waals surface area contributed by atoms with Crippen molar-refractivity contribution in [1.29, 1.82) is 0 Å². The third-order valence-corrected chi connectivity index (χ3v) is 4.23. The van der Waals surface area contributed by atoms with E-state index < -0.39 is 0 Å². The van der Waals surface area contributed by atoms with Gasteiger partial charge in [0.15, 0.2) is 5.96 Å². The van der Waals surface area contributed by atoms with Crippen molar-refractivity contribution in [2.45, 2.75) is 32.4 Å². The Morgan fingerprint density at radius 2 is 2.18 bits per heavy atom. The highest BCUT2D eigenvalue weighted by atomic mass is 79.9. The molecule has 0 unspecified atom stereocenters. The second kappa shape index (κ2) is 8.39. The van der Waals surface area contributed by atoms with Crippen molar-refractivity contribution in [2.75, 3.05) is 26.7 Å². The van der Waals surface area contributed by atoms with Crippen LogP contribution < -0.4 is 10.1 Å². The minimum Gasteiger partial charge on any atom is -0.496 e. The summed E-state index contributed by atoms with van der Waals surface area (Å²) in [6.07, 6.45) is 1.42. The van der Waals surface area contributed by atoms with Gasteiger partial charge in [-0.05, 0) is 38.0 Å². The first-order valence-corrected chi connectivity index (χ1v) is 8.47. The number of aliphatic hydroxyl groups is 1. The molecule has 0 amide bonds. The van der Waals surface area contributed by atoms with Crippen LogP contribution in [0.1, 0.15) is 25.3 Å². The average molecular weight is 370 g/mol. The Kier molecular flexibility index (Phi) is 6.51. The average Bonchev–Trinajstić information content (AvgIpc) is 2.52. The lowest BCUT2D eigenvalue weighted by Crippen LogP contribution is -2.46. The van der Waals surface area contributed by atoms with E-state index in [-0.39, 0.29) is 6.10 Å². The summed E-state index contributed by atoms with van der Waals surface area (Å²) < 4.78 is 6.41. The largest absolute Gasteiger partial charge is 0.496 e. The predicted molar refractivity (Wildman–Crippen MR) is 92.3 cm³/mol. The molecular formula is C16H24BrN3O2. The quantitative estimate of drug-likeness (QED) is 0.631. The van der Waals surface area contributed by atoms with Gasteiger partial charge in [0.25, 0.3) is 0 Å². The Morgan fingerprint density at radius 3 is 2.82 bits per heavy atom. The molecule has 1 saturated heterocycles. The van der Waals surface area contributed by atoms with Crippen LogP contribution in [0.15, 0.2) is 27.7 Å². The van der Waals surface area contributed by atoms with E-state index in [9.17, 15) is 5.11 Å². The molecule has 22 heavy (non-hydrogen) atoms. The van der Waals surface area contributed by atoms with Gasteiger partial charge in [0.2, 0.25) is 0 Å². The van der Waals surface area contributed by atoms with Gasteiger partial charge in [0.1, 0.15) is 5.75 Å². The first kappa shape index (κ1) is 17.1. The van der Waals surface area contributed by atoms with Crippen LogP contribution in [0.4, 0.5) is 0 Å². The Morgan fingerprint density at radius 1 is 1.45 bits per heavy atom. The van der Waals surface area contributed by atoms with Gasteiger partial charge in [0.05, 0.1) is 19.8 Å². The van der Waals surface area contributed by atoms with E-state index in [1.54, 1.807) is 7.11 Å². The van der Waals surface area contributed by atoms with E-state index in [2.05, 4.69) is 33.1 Å². The SMILES string of the molecule is CCNC(=NCc1cc(Br)ccc1OC)N1CCC(O)CC1. The molecule has 5 nitrogen and oxygen atoms in total. The highest BCUT2D eigenvalue weighted by Crippen LogP contribution is 2.23. The molecule has 0 atom stereocenters. The van der Waals surface area contributed by atoms with Crippen LogP contribution in [0.3, 0.4) is 0 Å². The lowest BCUT2D eigenvalue weighted by atomic mass is 10.1. The number of hydrogen-bond donors (Lipinski definition) is 2. The molecule has 0 spiro atoms. The maximum Gasteiger partial charge on any atom is 0.194 e. The number of aliphatic imine (C=N–C) groups is 1. The van der Waals surface area contributed by atoms with Crippen molar-refractivity contribution in [1.82, 2.24) is 10.2 Å². The summed E-state index contributed by atoms with van der Waals surface area (Å²) >= 11 is 3.49. The molecule has 1 fully saturated rings. The maximum atomic E-state index is 9.64. The summed E-state index contributed by atoms with van der Waals surface area (Å²) in [6.45, 7) is 5.12. The summed E-state index contributed by atoms with van der Waals surface area (Å²) in [5, 5.41) is 13.0. The van der Waals surface area contributed by atoms with Gasteiger partial charge in [-0.3, -0.25) is 0 Å². The van der Waals surface area contributed by atoms with E-state index in [4.69, 9.17) is 9.73 Å². The topological polar surface area (TPSA) is 57.1 Å². The fourth-order valence-electron chi connectivity index (χ4n) is 2.53. The zero-order valence-electron chi connectivity index (χ0n) is 13.2. The minimum absolute atomic E-state index is 0.177. The lowest BCUT2D eigenvalue weighted by Gasteiger charge is -2.32. The van der Waals surface area contributed by atoms with Gasteiger partial charge < -0.3 is 20.1 Å². The molecule has 0 aliphatic carbocycles. The summed E-state index contributed by atoms with van der Waals surface area (Å²) in [5.74, 6) is 1.74. The number of halogens is 1. The van der Waals surface area contributed by atoms with E-state index in [0.717, 1.165) is 54.2 Å². The predicted octanol–water partition coefficient (Wildman–Crippen LogP) is 2.38. The zero-order chi connectivity index (χ0) is 15.9. The number of aliphatic hydroxyl groups excluding tert-OH is 1. The molecule has 6 heteroatoms. The number of likely N-dealkylation sites (tertiary alicyclic amines) is 1. The van der Waals surface area contributed by atoms with Gasteiger partial charge >= 0.3 is 0 Å². The van der Waals surface area contributed by atoms with Crippen molar-refractivity contribution < 1.29 is 9.84 Å². The van der Waals surface area contributed by atoms with Crippen molar-refractivity contribution in [3.8, 4) is 5.75 Å².